The summed E-state index contributed by atoms with van der Waals surface area (Å²) < 4.78 is 0. The predicted molar refractivity (Wildman–Crippen MR) is 86.5 cm³/mol. The molecule has 0 aliphatic rings. The number of rotatable bonds is 2. The molecule has 1 aromatic heterocycles. The molecule has 2 aromatic rings. The Labute approximate surface area is 126 Å². The van der Waals surface area contributed by atoms with Gasteiger partial charge in [-0.05, 0) is 29.5 Å². The largest absolute Gasteiger partial charge is 0.247 e. The molecule has 2 nitrogen and oxygen atoms in total. The Morgan fingerprint density at radius 3 is 2.20 bits per heavy atom. The fraction of sp³-hybridized carbons (Fsp3) is 0.529. The lowest BCUT2D eigenvalue weighted by Crippen LogP contribution is -2.15. The molecular weight excluding hydrogens is 268 g/mol. The number of benzene rings is 1. The smallest absolute Gasteiger partial charge is 0.151 e. The Hall–Kier alpha value is -1.15. The van der Waals surface area contributed by atoms with Crippen molar-refractivity contribution in [2.45, 2.75) is 52.9 Å². The van der Waals surface area contributed by atoms with Crippen LogP contribution in [0, 0.1) is 5.92 Å². The molecule has 0 aliphatic heterocycles. The van der Waals surface area contributed by atoms with Gasteiger partial charge in [-0.3, -0.25) is 0 Å². The molecule has 0 radical (unpaired) electrons. The molecular formula is C17H23ClN2. The number of hydrogen-bond acceptors (Lipinski definition) is 2. The van der Waals surface area contributed by atoms with Gasteiger partial charge in [0.2, 0.25) is 0 Å². The Morgan fingerprint density at radius 1 is 1.00 bits per heavy atom. The molecule has 0 saturated heterocycles. The minimum absolute atomic E-state index is 0.0951. The van der Waals surface area contributed by atoms with Gasteiger partial charge < -0.3 is 0 Å². The summed E-state index contributed by atoms with van der Waals surface area (Å²) in [5.41, 5.74) is 3.85. The first-order valence-corrected chi connectivity index (χ1v) is 7.55. The first kappa shape index (κ1) is 15.2. The Morgan fingerprint density at radius 2 is 1.65 bits per heavy atom. The van der Waals surface area contributed by atoms with Crippen molar-refractivity contribution in [2.24, 2.45) is 5.92 Å². The lowest BCUT2D eigenvalue weighted by Gasteiger charge is -2.20. The van der Waals surface area contributed by atoms with E-state index in [9.17, 15) is 0 Å². The Bertz CT molecular complexity index is 627. The highest BCUT2D eigenvalue weighted by molar-refractivity contribution is 6.30. The van der Waals surface area contributed by atoms with Crippen molar-refractivity contribution >= 4 is 22.6 Å². The van der Waals surface area contributed by atoms with Crippen LogP contribution in [0.5, 0.6) is 0 Å². The first-order valence-electron chi connectivity index (χ1n) is 7.18. The van der Waals surface area contributed by atoms with Crippen molar-refractivity contribution in [3.05, 3.63) is 34.6 Å². The molecule has 1 unspecified atom stereocenters. The van der Waals surface area contributed by atoms with Crippen LogP contribution in [-0.2, 0) is 5.41 Å². The van der Waals surface area contributed by atoms with Crippen LogP contribution >= 0.6 is 11.6 Å². The third-order valence-electron chi connectivity index (χ3n) is 3.88. The van der Waals surface area contributed by atoms with Crippen LogP contribution in [-0.4, -0.2) is 9.97 Å². The number of hydrogen-bond donors (Lipinski definition) is 0. The van der Waals surface area contributed by atoms with Gasteiger partial charge in [0.05, 0.1) is 16.7 Å². The second-order valence-electron chi connectivity index (χ2n) is 6.89. The first-order chi connectivity index (χ1) is 9.20. The second kappa shape index (κ2) is 5.33. The summed E-state index contributed by atoms with van der Waals surface area (Å²) in [5, 5.41) is 0.513. The summed E-state index contributed by atoms with van der Waals surface area (Å²) in [6, 6.07) is 6.33. The standard InChI is InChI=1S/C17H23ClN2/c1-10(2)11(3)12-7-8-13-14(9-12)20-16(18)15(19-13)17(4,5)6/h7-11H,1-6H3. The lowest BCUT2D eigenvalue weighted by atomic mass is 9.90. The van der Waals surface area contributed by atoms with E-state index in [2.05, 4.69) is 64.7 Å². The van der Waals surface area contributed by atoms with E-state index in [1.807, 2.05) is 0 Å². The third-order valence-corrected chi connectivity index (χ3v) is 4.15. The molecule has 0 fully saturated rings. The van der Waals surface area contributed by atoms with E-state index in [1.54, 1.807) is 0 Å². The highest BCUT2D eigenvalue weighted by atomic mass is 35.5. The fourth-order valence-corrected chi connectivity index (χ4v) is 2.61. The maximum atomic E-state index is 6.31. The van der Waals surface area contributed by atoms with Gasteiger partial charge in [-0.1, -0.05) is 59.2 Å². The molecule has 1 heterocycles. The van der Waals surface area contributed by atoms with E-state index in [0.717, 1.165) is 16.7 Å². The van der Waals surface area contributed by atoms with Gasteiger partial charge in [-0.25, -0.2) is 9.97 Å². The molecule has 1 aromatic carbocycles. The molecule has 1 atom stereocenters. The summed E-state index contributed by atoms with van der Waals surface area (Å²) in [6.45, 7) is 13.0. The van der Waals surface area contributed by atoms with Crippen molar-refractivity contribution in [3.63, 3.8) is 0 Å². The Kier molecular flexibility index (Phi) is 4.06. The number of aromatic nitrogens is 2. The highest BCUT2D eigenvalue weighted by Gasteiger charge is 2.21. The van der Waals surface area contributed by atoms with Crippen LogP contribution in [0.15, 0.2) is 18.2 Å². The molecule has 20 heavy (non-hydrogen) atoms. The van der Waals surface area contributed by atoms with Crippen LogP contribution < -0.4 is 0 Å². The van der Waals surface area contributed by atoms with Gasteiger partial charge in [0.15, 0.2) is 5.15 Å². The van der Waals surface area contributed by atoms with Crippen LogP contribution in [0.25, 0.3) is 11.0 Å². The average Bonchev–Trinajstić information content (AvgIpc) is 2.34. The van der Waals surface area contributed by atoms with Gasteiger partial charge in [0, 0.05) is 5.41 Å². The maximum absolute atomic E-state index is 6.31. The van der Waals surface area contributed by atoms with Crippen LogP contribution in [0.1, 0.15) is 58.7 Å². The zero-order chi connectivity index (χ0) is 15.1. The molecule has 0 bridgehead atoms. The monoisotopic (exact) mass is 290 g/mol. The number of halogens is 1. The molecule has 0 amide bonds. The van der Waals surface area contributed by atoms with Gasteiger partial charge in [0.25, 0.3) is 0 Å². The average molecular weight is 291 g/mol. The van der Waals surface area contributed by atoms with Crippen molar-refractivity contribution < 1.29 is 0 Å². The minimum Gasteiger partial charge on any atom is -0.247 e. The number of fused-ring (bicyclic) bond motifs is 1. The van der Waals surface area contributed by atoms with E-state index in [0.29, 0.717) is 17.0 Å². The summed E-state index contributed by atoms with van der Waals surface area (Å²) in [7, 11) is 0. The minimum atomic E-state index is -0.0951. The molecule has 0 N–H and O–H groups in total. The zero-order valence-corrected chi connectivity index (χ0v) is 13.9. The van der Waals surface area contributed by atoms with E-state index in [-0.39, 0.29) is 5.41 Å². The van der Waals surface area contributed by atoms with Crippen molar-refractivity contribution in [1.82, 2.24) is 9.97 Å². The highest BCUT2D eigenvalue weighted by Crippen LogP contribution is 2.30. The molecule has 3 heteroatoms. The van der Waals surface area contributed by atoms with Crippen molar-refractivity contribution in [3.8, 4) is 0 Å². The summed E-state index contributed by atoms with van der Waals surface area (Å²) in [5.74, 6) is 1.10. The second-order valence-corrected chi connectivity index (χ2v) is 7.25. The van der Waals surface area contributed by atoms with E-state index >= 15 is 0 Å². The van der Waals surface area contributed by atoms with E-state index in [4.69, 9.17) is 16.6 Å². The summed E-state index contributed by atoms with van der Waals surface area (Å²) in [6.07, 6.45) is 0. The topological polar surface area (TPSA) is 25.8 Å². The van der Waals surface area contributed by atoms with Gasteiger partial charge in [-0.15, -0.1) is 0 Å². The van der Waals surface area contributed by atoms with Crippen LogP contribution in [0.2, 0.25) is 5.15 Å². The van der Waals surface area contributed by atoms with Gasteiger partial charge in [-0.2, -0.15) is 0 Å². The lowest BCUT2D eigenvalue weighted by molar-refractivity contribution is 0.535. The third kappa shape index (κ3) is 2.95. The molecule has 2 rings (SSSR count). The van der Waals surface area contributed by atoms with Crippen LogP contribution in [0.4, 0.5) is 0 Å². The molecule has 108 valence electrons. The van der Waals surface area contributed by atoms with Gasteiger partial charge >= 0.3 is 0 Å². The summed E-state index contributed by atoms with van der Waals surface area (Å²) in [4.78, 5) is 9.24. The molecule has 0 spiro atoms. The maximum Gasteiger partial charge on any atom is 0.151 e. The van der Waals surface area contributed by atoms with Crippen LogP contribution in [0.3, 0.4) is 0 Å². The Balaban J connectivity index is 2.56. The molecule has 0 aliphatic carbocycles. The van der Waals surface area contributed by atoms with Crippen molar-refractivity contribution in [1.29, 1.82) is 0 Å². The number of nitrogens with zero attached hydrogens (tertiary/aromatic N) is 2. The van der Waals surface area contributed by atoms with E-state index < -0.39 is 0 Å². The van der Waals surface area contributed by atoms with E-state index in [1.165, 1.54) is 5.56 Å². The van der Waals surface area contributed by atoms with Gasteiger partial charge in [0.1, 0.15) is 0 Å². The predicted octanol–water partition coefficient (Wildman–Crippen LogP) is 5.34. The molecule has 0 saturated carbocycles. The SMILES string of the molecule is CC(C)C(C)c1ccc2nc(C(C)(C)C)c(Cl)nc2c1. The fourth-order valence-electron chi connectivity index (χ4n) is 2.20. The normalized spacial score (nSPS) is 14.0. The summed E-state index contributed by atoms with van der Waals surface area (Å²) >= 11 is 6.31. The quantitative estimate of drug-likeness (QED) is 0.746. The zero-order valence-electron chi connectivity index (χ0n) is 13.2. The van der Waals surface area contributed by atoms with Crippen molar-refractivity contribution in [2.75, 3.05) is 0 Å².